The fraction of sp³-hybridized carbons (Fsp3) is 0.500. The molecular formula is C28H41N3O4S. The minimum atomic E-state index is -3.51. The van der Waals surface area contributed by atoms with E-state index >= 15 is 0 Å². The van der Waals surface area contributed by atoms with E-state index in [9.17, 15) is 18.0 Å². The molecule has 0 saturated carbocycles. The highest BCUT2D eigenvalue weighted by Gasteiger charge is 2.29. The molecule has 1 atom stereocenters. The molecule has 198 valence electrons. The summed E-state index contributed by atoms with van der Waals surface area (Å²) in [4.78, 5) is 28.2. The Morgan fingerprint density at radius 3 is 2.31 bits per heavy atom. The number of amides is 2. The van der Waals surface area contributed by atoms with Crippen LogP contribution in [0.3, 0.4) is 0 Å². The van der Waals surface area contributed by atoms with Crippen molar-refractivity contribution < 1.29 is 18.0 Å². The first-order chi connectivity index (χ1) is 16.9. The number of carbonyl (C=O) groups is 2. The van der Waals surface area contributed by atoms with Crippen molar-refractivity contribution in [3.05, 3.63) is 65.2 Å². The van der Waals surface area contributed by atoms with Crippen molar-refractivity contribution in [2.45, 2.75) is 66.5 Å². The van der Waals surface area contributed by atoms with E-state index in [2.05, 4.69) is 5.32 Å². The molecule has 0 bridgehead atoms. The van der Waals surface area contributed by atoms with Gasteiger partial charge in [0.15, 0.2) is 0 Å². The lowest BCUT2D eigenvalue weighted by Crippen LogP contribution is -2.49. The molecule has 0 aliphatic rings. The van der Waals surface area contributed by atoms with Gasteiger partial charge in [0.1, 0.15) is 6.04 Å². The summed E-state index contributed by atoms with van der Waals surface area (Å²) in [6.45, 7) is 10.9. The highest BCUT2D eigenvalue weighted by Crippen LogP contribution is 2.21. The Morgan fingerprint density at radius 2 is 1.72 bits per heavy atom. The van der Waals surface area contributed by atoms with Crippen molar-refractivity contribution in [2.24, 2.45) is 5.92 Å². The number of aryl methyl sites for hydroxylation is 2. The minimum absolute atomic E-state index is 0.137. The van der Waals surface area contributed by atoms with E-state index in [0.29, 0.717) is 37.5 Å². The van der Waals surface area contributed by atoms with E-state index in [4.69, 9.17) is 0 Å². The molecule has 0 fully saturated rings. The van der Waals surface area contributed by atoms with Crippen molar-refractivity contribution in [2.75, 3.05) is 23.7 Å². The van der Waals surface area contributed by atoms with Crippen LogP contribution in [0.5, 0.6) is 0 Å². The summed E-state index contributed by atoms with van der Waals surface area (Å²) in [6, 6.07) is 14.5. The fourth-order valence-electron chi connectivity index (χ4n) is 4.10. The summed E-state index contributed by atoms with van der Waals surface area (Å²) in [5.41, 5.74) is 3.58. The van der Waals surface area contributed by atoms with Crippen molar-refractivity contribution in [3.8, 4) is 0 Å². The number of carbonyl (C=O) groups excluding carboxylic acids is 2. The number of sulfonamides is 1. The monoisotopic (exact) mass is 515 g/mol. The summed E-state index contributed by atoms with van der Waals surface area (Å²) < 4.78 is 26.3. The summed E-state index contributed by atoms with van der Waals surface area (Å²) >= 11 is 0. The van der Waals surface area contributed by atoms with E-state index in [1.165, 1.54) is 10.6 Å². The lowest BCUT2D eigenvalue weighted by molar-refractivity contribution is -0.141. The number of rotatable bonds is 13. The second-order valence-electron chi connectivity index (χ2n) is 9.79. The van der Waals surface area contributed by atoms with Gasteiger partial charge in [-0.3, -0.25) is 13.9 Å². The van der Waals surface area contributed by atoms with Crippen molar-refractivity contribution in [1.29, 1.82) is 0 Å². The number of hydrogen-bond donors (Lipinski definition) is 1. The summed E-state index contributed by atoms with van der Waals surface area (Å²) in [5.74, 6) is -0.0243. The van der Waals surface area contributed by atoms with Gasteiger partial charge in [0.25, 0.3) is 0 Å². The van der Waals surface area contributed by atoms with Gasteiger partial charge >= 0.3 is 0 Å². The summed E-state index contributed by atoms with van der Waals surface area (Å²) in [6.07, 6.45) is 2.14. The standard InChI is InChI=1S/C28H41N3O4S/c1-7-26(28(33)29-19-21(2)3)30(20-24-14-9-8-13-23(24)5)27(32)16-11-17-31(36(6,34)35)25-15-10-12-22(4)18-25/h8-10,12-15,18,21,26H,7,11,16-17,19-20H2,1-6H3,(H,29,33)/t26-/m0/s1. The second kappa shape index (κ2) is 13.4. The average Bonchev–Trinajstić information content (AvgIpc) is 2.80. The third-order valence-electron chi connectivity index (χ3n) is 6.11. The van der Waals surface area contributed by atoms with Crippen molar-refractivity contribution in [3.63, 3.8) is 0 Å². The van der Waals surface area contributed by atoms with Gasteiger partial charge < -0.3 is 10.2 Å². The van der Waals surface area contributed by atoms with Gasteiger partial charge in [0.05, 0.1) is 11.9 Å². The lowest BCUT2D eigenvalue weighted by Gasteiger charge is -2.31. The molecule has 0 aliphatic heterocycles. The first-order valence-electron chi connectivity index (χ1n) is 12.6. The molecule has 0 spiro atoms. The Morgan fingerprint density at radius 1 is 1.03 bits per heavy atom. The Bertz CT molecular complexity index is 1130. The maximum absolute atomic E-state index is 13.5. The molecule has 0 unspecified atom stereocenters. The molecule has 2 aromatic carbocycles. The molecule has 0 radical (unpaired) electrons. The Balaban J connectivity index is 2.22. The molecule has 2 rings (SSSR count). The van der Waals surface area contributed by atoms with Crippen LogP contribution < -0.4 is 9.62 Å². The normalized spacial score (nSPS) is 12.3. The van der Waals surface area contributed by atoms with E-state index in [1.807, 2.05) is 77.1 Å². The van der Waals surface area contributed by atoms with Crippen LogP contribution in [0.4, 0.5) is 5.69 Å². The summed E-state index contributed by atoms with van der Waals surface area (Å²) in [7, 11) is -3.51. The number of nitrogens with one attached hydrogen (secondary N) is 1. The highest BCUT2D eigenvalue weighted by atomic mass is 32.2. The van der Waals surface area contributed by atoms with E-state index in [-0.39, 0.29) is 24.8 Å². The van der Waals surface area contributed by atoms with Gasteiger partial charge in [0.2, 0.25) is 21.8 Å². The first kappa shape index (κ1) is 29.4. The maximum Gasteiger partial charge on any atom is 0.242 e. The third-order valence-corrected chi connectivity index (χ3v) is 7.31. The number of hydrogen-bond acceptors (Lipinski definition) is 4. The molecule has 0 saturated heterocycles. The van der Waals surface area contributed by atoms with Crippen LogP contribution >= 0.6 is 0 Å². The zero-order chi connectivity index (χ0) is 26.9. The van der Waals surface area contributed by atoms with E-state index < -0.39 is 16.1 Å². The molecule has 36 heavy (non-hydrogen) atoms. The Hall–Kier alpha value is -2.87. The molecule has 7 nitrogen and oxygen atoms in total. The molecule has 8 heteroatoms. The van der Waals surface area contributed by atoms with E-state index in [1.54, 1.807) is 11.0 Å². The highest BCUT2D eigenvalue weighted by molar-refractivity contribution is 7.92. The molecule has 1 N–H and O–H groups in total. The largest absolute Gasteiger partial charge is 0.354 e. The Kier molecular flexibility index (Phi) is 11.0. The molecule has 0 aliphatic carbocycles. The lowest BCUT2D eigenvalue weighted by atomic mass is 10.0. The van der Waals surface area contributed by atoms with Crippen molar-refractivity contribution >= 4 is 27.5 Å². The van der Waals surface area contributed by atoms with Gasteiger partial charge in [-0.25, -0.2) is 8.42 Å². The topological polar surface area (TPSA) is 86.8 Å². The van der Waals surface area contributed by atoms with Gasteiger partial charge in [0, 0.05) is 26.1 Å². The predicted molar refractivity (Wildman–Crippen MR) is 146 cm³/mol. The fourth-order valence-corrected chi connectivity index (χ4v) is 5.06. The van der Waals surface area contributed by atoms with Gasteiger partial charge in [-0.15, -0.1) is 0 Å². The van der Waals surface area contributed by atoms with Crippen LogP contribution in [0.15, 0.2) is 48.5 Å². The maximum atomic E-state index is 13.5. The minimum Gasteiger partial charge on any atom is -0.354 e. The van der Waals surface area contributed by atoms with Gasteiger partial charge in [-0.05, 0) is 61.4 Å². The number of nitrogens with zero attached hydrogens (tertiary/aromatic N) is 2. The summed E-state index contributed by atoms with van der Waals surface area (Å²) in [5, 5.41) is 2.97. The van der Waals surface area contributed by atoms with Crippen LogP contribution in [0.2, 0.25) is 0 Å². The molecule has 2 aromatic rings. The molecular weight excluding hydrogens is 474 g/mol. The second-order valence-corrected chi connectivity index (χ2v) is 11.7. The predicted octanol–water partition coefficient (Wildman–Crippen LogP) is 4.43. The smallest absolute Gasteiger partial charge is 0.242 e. The number of anilines is 1. The van der Waals surface area contributed by atoms with Crippen LogP contribution in [0.25, 0.3) is 0 Å². The molecule has 0 aromatic heterocycles. The van der Waals surface area contributed by atoms with Gasteiger partial charge in [-0.2, -0.15) is 0 Å². The van der Waals surface area contributed by atoms with Crippen LogP contribution in [0.1, 0.15) is 56.7 Å². The average molecular weight is 516 g/mol. The zero-order valence-electron chi connectivity index (χ0n) is 22.5. The first-order valence-corrected chi connectivity index (χ1v) is 14.4. The van der Waals surface area contributed by atoms with E-state index in [0.717, 1.165) is 16.7 Å². The van der Waals surface area contributed by atoms with Crippen molar-refractivity contribution in [1.82, 2.24) is 10.2 Å². The third kappa shape index (κ3) is 8.66. The quantitative estimate of drug-likeness (QED) is 0.428. The van der Waals surface area contributed by atoms with Crippen LogP contribution in [-0.4, -0.2) is 50.5 Å². The Labute approximate surface area is 216 Å². The van der Waals surface area contributed by atoms with Gasteiger partial charge in [-0.1, -0.05) is 57.2 Å². The van der Waals surface area contributed by atoms with Crippen LogP contribution in [0, 0.1) is 19.8 Å². The molecule has 0 heterocycles. The molecule has 2 amide bonds. The zero-order valence-corrected chi connectivity index (χ0v) is 23.3. The van der Waals surface area contributed by atoms with Crippen LogP contribution in [-0.2, 0) is 26.2 Å². The SMILES string of the molecule is CC[C@@H](C(=O)NCC(C)C)N(Cc1ccccc1C)C(=O)CCCN(c1cccc(C)c1)S(C)(=O)=O. The number of benzene rings is 2.